The molecular weight excluding hydrogens is 262 g/mol. The van der Waals surface area contributed by atoms with E-state index in [9.17, 15) is 0 Å². The van der Waals surface area contributed by atoms with Gasteiger partial charge in [-0.2, -0.15) is 0 Å². The summed E-state index contributed by atoms with van der Waals surface area (Å²) in [5.74, 6) is 0.757. The van der Waals surface area contributed by atoms with Crippen LogP contribution in [-0.4, -0.2) is 25.4 Å². The van der Waals surface area contributed by atoms with Gasteiger partial charge in [0.2, 0.25) is 0 Å². The van der Waals surface area contributed by atoms with Crippen LogP contribution in [0, 0.1) is 0 Å². The van der Waals surface area contributed by atoms with Gasteiger partial charge < -0.3 is 14.8 Å². The molecule has 2 aliphatic rings. The van der Waals surface area contributed by atoms with E-state index in [4.69, 9.17) is 21.1 Å². The van der Waals surface area contributed by atoms with Crippen molar-refractivity contribution in [1.82, 2.24) is 5.32 Å². The Kier molecular flexibility index (Phi) is 4.26. The van der Waals surface area contributed by atoms with Crippen LogP contribution in [-0.2, 0) is 11.3 Å². The quantitative estimate of drug-likeness (QED) is 0.869. The number of hydrogen-bond acceptors (Lipinski definition) is 3. The molecule has 3 rings (SSSR count). The minimum Gasteiger partial charge on any atom is -0.489 e. The summed E-state index contributed by atoms with van der Waals surface area (Å²) < 4.78 is 11.3. The minimum absolute atomic E-state index is 0.229. The molecule has 1 saturated heterocycles. The van der Waals surface area contributed by atoms with Gasteiger partial charge in [-0.1, -0.05) is 17.7 Å². The number of rotatable bonds is 6. The first-order chi connectivity index (χ1) is 9.31. The molecule has 1 aliphatic carbocycles. The Labute approximate surface area is 119 Å². The number of hydrogen-bond donors (Lipinski definition) is 1. The third-order valence-electron chi connectivity index (χ3n) is 3.62. The first-order valence-corrected chi connectivity index (χ1v) is 7.45. The second-order valence-electron chi connectivity index (χ2n) is 5.37. The molecule has 2 fully saturated rings. The number of ether oxygens (including phenoxy) is 2. The standard InChI is InChI=1S/C15H20ClNO2/c16-14-8-11(9-17-12-4-5-12)3-6-15(14)19-10-13-2-1-7-18-13/h3,6,8,12-13,17H,1-2,4-5,7,9-10H2. The fourth-order valence-corrected chi connectivity index (χ4v) is 2.54. The number of halogens is 1. The zero-order valence-corrected chi connectivity index (χ0v) is 11.8. The van der Waals surface area contributed by atoms with E-state index in [1.165, 1.54) is 18.4 Å². The maximum atomic E-state index is 6.25. The lowest BCUT2D eigenvalue weighted by molar-refractivity contribution is 0.0680. The second-order valence-corrected chi connectivity index (χ2v) is 5.77. The van der Waals surface area contributed by atoms with E-state index < -0.39 is 0 Å². The molecule has 0 spiro atoms. The summed E-state index contributed by atoms with van der Waals surface area (Å²) in [6.45, 7) is 2.34. The summed E-state index contributed by atoms with van der Waals surface area (Å²) in [6, 6.07) is 6.74. The van der Waals surface area contributed by atoms with E-state index in [2.05, 4.69) is 11.4 Å². The van der Waals surface area contributed by atoms with E-state index in [0.717, 1.165) is 31.7 Å². The SMILES string of the molecule is Clc1cc(CNC2CC2)ccc1OCC1CCCO1. The highest BCUT2D eigenvalue weighted by molar-refractivity contribution is 6.32. The Hall–Kier alpha value is -0.770. The van der Waals surface area contributed by atoms with Crippen LogP contribution in [0.1, 0.15) is 31.2 Å². The molecule has 1 N–H and O–H groups in total. The van der Waals surface area contributed by atoms with Gasteiger partial charge in [-0.3, -0.25) is 0 Å². The summed E-state index contributed by atoms with van der Waals surface area (Å²) in [5.41, 5.74) is 1.21. The van der Waals surface area contributed by atoms with Gasteiger partial charge in [-0.15, -0.1) is 0 Å². The molecule has 1 aliphatic heterocycles. The molecule has 1 aromatic rings. The van der Waals surface area contributed by atoms with Crippen LogP contribution in [0.25, 0.3) is 0 Å². The van der Waals surface area contributed by atoms with E-state index in [1.807, 2.05) is 12.1 Å². The molecule has 1 unspecified atom stereocenters. The Balaban J connectivity index is 1.52. The zero-order valence-electron chi connectivity index (χ0n) is 11.0. The maximum absolute atomic E-state index is 6.25. The average Bonchev–Trinajstić information content (AvgIpc) is 3.10. The predicted octanol–water partition coefficient (Wildman–Crippen LogP) is 3.15. The van der Waals surface area contributed by atoms with Crippen LogP contribution in [0.4, 0.5) is 0 Å². The van der Waals surface area contributed by atoms with Crippen molar-refractivity contribution in [2.24, 2.45) is 0 Å². The van der Waals surface area contributed by atoms with Crippen LogP contribution in [0.5, 0.6) is 5.75 Å². The summed E-state index contributed by atoms with van der Waals surface area (Å²) in [5, 5.41) is 4.16. The highest BCUT2D eigenvalue weighted by Crippen LogP contribution is 2.27. The summed E-state index contributed by atoms with van der Waals surface area (Å²) >= 11 is 6.25. The Morgan fingerprint density at radius 2 is 2.21 bits per heavy atom. The van der Waals surface area contributed by atoms with Crippen LogP contribution < -0.4 is 10.1 Å². The van der Waals surface area contributed by atoms with E-state index >= 15 is 0 Å². The molecule has 1 heterocycles. The first-order valence-electron chi connectivity index (χ1n) is 7.07. The molecule has 19 heavy (non-hydrogen) atoms. The van der Waals surface area contributed by atoms with Gasteiger partial charge in [0.15, 0.2) is 0 Å². The van der Waals surface area contributed by atoms with Gasteiger partial charge in [-0.25, -0.2) is 0 Å². The molecular formula is C15H20ClNO2. The van der Waals surface area contributed by atoms with Crippen molar-refractivity contribution >= 4 is 11.6 Å². The van der Waals surface area contributed by atoms with Crippen LogP contribution in [0.15, 0.2) is 18.2 Å². The van der Waals surface area contributed by atoms with Gasteiger partial charge in [0, 0.05) is 19.2 Å². The van der Waals surface area contributed by atoms with Gasteiger partial charge in [0.25, 0.3) is 0 Å². The van der Waals surface area contributed by atoms with E-state index in [-0.39, 0.29) is 6.10 Å². The normalized spacial score (nSPS) is 22.7. The summed E-state index contributed by atoms with van der Waals surface area (Å²) in [7, 11) is 0. The van der Waals surface area contributed by atoms with Gasteiger partial charge in [0.05, 0.1) is 11.1 Å². The molecule has 4 heteroatoms. The molecule has 1 saturated carbocycles. The van der Waals surface area contributed by atoms with Crippen molar-refractivity contribution in [2.45, 2.75) is 44.4 Å². The van der Waals surface area contributed by atoms with Crippen molar-refractivity contribution in [3.8, 4) is 5.75 Å². The summed E-state index contributed by atoms with van der Waals surface area (Å²) in [4.78, 5) is 0. The molecule has 0 aromatic heterocycles. The highest BCUT2D eigenvalue weighted by atomic mass is 35.5. The van der Waals surface area contributed by atoms with Crippen molar-refractivity contribution in [2.75, 3.05) is 13.2 Å². The molecule has 104 valence electrons. The Morgan fingerprint density at radius 3 is 2.89 bits per heavy atom. The lowest BCUT2D eigenvalue weighted by Crippen LogP contribution is -2.17. The fraction of sp³-hybridized carbons (Fsp3) is 0.600. The van der Waals surface area contributed by atoms with Crippen molar-refractivity contribution < 1.29 is 9.47 Å². The Morgan fingerprint density at radius 1 is 1.32 bits per heavy atom. The van der Waals surface area contributed by atoms with E-state index in [0.29, 0.717) is 17.7 Å². The monoisotopic (exact) mass is 281 g/mol. The smallest absolute Gasteiger partial charge is 0.138 e. The topological polar surface area (TPSA) is 30.5 Å². The number of nitrogens with one attached hydrogen (secondary N) is 1. The van der Waals surface area contributed by atoms with Crippen molar-refractivity contribution in [3.05, 3.63) is 28.8 Å². The summed E-state index contributed by atoms with van der Waals surface area (Å²) in [6.07, 6.45) is 5.05. The highest BCUT2D eigenvalue weighted by Gasteiger charge is 2.20. The molecule has 0 amide bonds. The van der Waals surface area contributed by atoms with Crippen molar-refractivity contribution in [1.29, 1.82) is 0 Å². The largest absolute Gasteiger partial charge is 0.489 e. The van der Waals surface area contributed by atoms with Crippen LogP contribution >= 0.6 is 11.6 Å². The molecule has 1 atom stereocenters. The lowest BCUT2D eigenvalue weighted by Gasteiger charge is -2.13. The minimum atomic E-state index is 0.229. The third kappa shape index (κ3) is 3.85. The Bertz CT molecular complexity index is 428. The number of benzene rings is 1. The lowest BCUT2D eigenvalue weighted by atomic mass is 10.2. The van der Waals surface area contributed by atoms with Crippen LogP contribution in [0.3, 0.4) is 0 Å². The molecule has 0 radical (unpaired) electrons. The van der Waals surface area contributed by atoms with Crippen molar-refractivity contribution in [3.63, 3.8) is 0 Å². The fourth-order valence-electron chi connectivity index (χ4n) is 2.28. The molecule has 1 aromatic carbocycles. The van der Waals surface area contributed by atoms with Gasteiger partial charge in [-0.05, 0) is 43.4 Å². The second kappa shape index (κ2) is 6.12. The van der Waals surface area contributed by atoms with Gasteiger partial charge >= 0.3 is 0 Å². The molecule has 3 nitrogen and oxygen atoms in total. The van der Waals surface area contributed by atoms with E-state index in [1.54, 1.807) is 0 Å². The van der Waals surface area contributed by atoms with Gasteiger partial charge in [0.1, 0.15) is 12.4 Å². The zero-order chi connectivity index (χ0) is 13.1. The average molecular weight is 282 g/mol. The predicted molar refractivity (Wildman–Crippen MR) is 75.8 cm³/mol. The van der Waals surface area contributed by atoms with Crippen LogP contribution in [0.2, 0.25) is 5.02 Å². The first kappa shape index (κ1) is 13.2. The molecule has 0 bridgehead atoms. The third-order valence-corrected chi connectivity index (χ3v) is 3.91. The maximum Gasteiger partial charge on any atom is 0.138 e.